The molecule has 0 aliphatic carbocycles. The number of benzene rings is 2. The molecule has 1 atom stereocenters. The van der Waals surface area contributed by atoms with Gasteiger partial charge in [0.25, 0.3) is 5.91 Å². The number of anilines is 1. The number of ether oxygens (including phenoxy) is 1. The second-order valence-corrected chi connectivity index (χ2v) is 5.95. The molecule has 0 bridgehead atoms. The minimum absolute atomic E-state index is 0.0472. The van der Waals surface area contributed by atoms with Crippen LogP contribution in [0.5, 0.6) is 11.5 Å². The molecule has 126 valence electrons. The van der Waals surface area contributed by atoms with E-state index in [1.165, 1.54) is 19.4 Å². The Morgan fingerprint density at radius 1 is 1.29 bits per heavy atom. The number of hydrazone groups is 1. The van der Waals surface area contributed by atoms with Crippen molar-refractivity contribution in [1.82, 2.24) is 5.43 Å². The first-order valence-electron chi connectivity index (χ1n) is 7.21. The number of nitrogens with one attached hydrogen (secondary N) is 2. The number of hydrogen-bond acceptors (Lipinski definition) is 5. The van der Waals surface area contributed by atoms with E-state index in [-0.39, 0.29) is 11.7 Å². The highest BCUT2D eigenvalue weighted by Gasteiger charge is 2.11. The number of carbonyl (C=O) groups excluding carboxylic acids is 1. The van der Waals surface area contributed by atoms with E-state index < -0.39 is 6.04 Å². The van der Waals surface area contributed by atoms with E-state index in [9.17, 15) is 9.90 Å². The molecule has 3 N–H and O–H groups in total. The molecule has 0 aliphatic heterocycles. The van der Waals surface area contributed by atoms with Crippen molar-refractivity contribution in [3.05, 3.63) is 52.5 Å². The van der Waals surface area contributed by atoms with Crippen LogP contribution >= 0.6 is 15.9 Å². The lowest BCUT2D eigenvalue weighted by Crippen LogP contribution is -2.34. The van der Waals surface area contributed by atoms with Crippen LogP contribution in [-0.2, 0) is 4.79 Å². The first-order chi connectivity index (χ1) is 11.5. The van der Waals surface area contributed by atoms with Gasteiger partial charge in [-0.3, -0.25) is 4.79 Å². The molecule has 0 unspecified atom stereocenters. The largest absolute Gasteiger partial charge is 0.504 e. The molecular formula is C17H18BrN3O3. The fourth-order valence-electron chi connectivity index (χ4n) is 1.90. The smallest absolute Gasteiger partial charge is 0.262 e. The Morgan fingerprint density at radius 3 is 2.67 bits per heavy atom. The molecule has 7 heteroatoms. The maximum Gasteiger partial charge on any atom is 0.262 e. The first kappa shape index (κ1) is 17.8. The third-order valence-electron chi connectivity index (χ3n) is 3.21. The number of phenolic OH excluding ortho intramolecular Hbond substituents is 1. The molecule has 0 fully saturated rings. The Balaban J connectivity index is 1.90. The normalized spacial score (nSPS) is 12.0. The molecule has 1 amide bonds. The summed E-state index contributed by atoms with van der Waals surface area (Å²) in [6.45, 7) is 1.75. The average molecular weight is 392 g/mol. The van der Waals surface area contributed by atoms with Crippen molar-refractivity contribution in [3.63, 3.8) is 0 Å². The molecule has 0 radical (unpaired) electrons. The van der Waals surface area contributed by atoms with Crippen molar-refractivity contribution in [2.24, 2.45) is 5.10 Å². The molecule has 2 aromatic rings. The third-order valence-corrected chi connectivity index (χ3v) is 3.74. The fraction of sp³-hybridized carbons (Fsp3) is 0.176. The van der Waals surface area contributed by atoms with Crippen LogP contribution in [-0.4, -0.2) is 30.4 Å². The van der Waals surface area contributed by atoms with Crippen molar-refractivity contribution in [2.45, 2.75) is 13.0 Å². The third kappa shape index (κ3) is 4.99. The monoisotopic (exact) mass is 391 g/mol. The maximum absolute atomic E-state index is 12.0. The number of carbonyl (C=O) groups is 1. The van der Waals surface area contributed by atoms with E-state index in [1.807, 2.05) is 24.3 Å². The Morgan fingerprint density at radius 2 is 2.00 bits per heavy atom. The van der Waals surface area contributed by atoms with Crippen LogP contribution in [0.4, 0.5) is 5.69 Å². The summed E-state index contributed by atoms with van der Waals surface area (Å²) in [5.41, 5.74) is 4.00. The number of aromatic hydroxyl groups is 1. The number of amides is 1. The van der Waals surface area contributed by atoms with Gasteiger partial charge in [0, 0.05) is 10.2 Å². The Labute approximate surface area is 148 Å². The van der Waals surface area contributed by atoms with Crippen molar-refractivity contribution < 1.29 is 14.6 Å². The van der Waals surface area contributed by atoms with Gasteiger partial charge in [0.2, 0.25) is 0 Å². The molecular weight excluding hydrogens is 374 g/mol. The summed E-state index contributed by atoms with van der Waals surface area (Å²) >= 11 is 3.36. The lowest BCUT2D eigenvalue weighted by Gasteiger charge is -2.13. The quantitative estimate of drug-likeness (QED) is 0.521. The van der Waals surface area contributed by atoms with E-state index in [4.69, 9.17) is 4.74 Å². The molecule has 0 aliphatic rings. The van der Waals surface area contributed by atoms with Gasteiger partial charge in [0.1, 0.15) is 6.04 Å². The number of phenols is 1. The summed E-state index contributed by atoms with van der Waals surface area (Å²) in [5, 5.41) is 16.5. The van der Waals surface area contributed by atoms with Crippen LogP contribution in [0.15, 0.2) is 52.0 Å². The summed E-state index contributed by atoms with van der Waals surface area (Å²) in [7, 11) is 1.47. The van der Waals surface area contributed by atoms with Crippen LogP contribution in [0.1, 0.15) is 12.5 Å². The number of nitrogens with zero attached hydrogens (tertiary/aromatic N) is 1. The number of halogens is 1. The molecule has 2 rings (SSSR count). The van der Waals surface area contributed by atoms with Crippen molar-refractivity contribution in [2.75, 3.05) is 12.4 Å². The van der Waals surface area contributed by atoms with Gasteiger partial charge in [-0.1, -0.05) is 15.9 Å². The molecule has 2 aromatic carbocycles. The summed E-state index contributed by atoms with van der Waals surface area (Å²) in [6.07, 6.45) is 1.48. The SMILES string of the molecule is COc1cc(/C=N\NC(=O)[C@H](C)Nc2ccc(Br)cc2)ccc1O. The van der Waals surface area contributed by atoms with Gasteiger partial charge in [-0.15, -0.1) is 0 Å². The van der Waals surface area contributed by atoms with Crippen LogP contribution in [0.25, 0.3) is 0 Å². The van der Waals surface area contributed by atoms with Crippen molar-refractivity contribution in [3.8, 4) is 11.5 Å². The van der Waals surface area contributed by atoms with Crippen LogP contribution < -0.4 is 15.5 Å². The second-order valence-electron chi connectivity index (χ2n) is 5.04. The van der Waals surface area contributed by atoms with Gasteiger partial charge < -0.3 is 15.2 Å². The molecule has 6 nitrogen and oxygen atoms in total. The minimum Gasteiger partial charge on any atom is -0.504 e. The van der Waals surface area contributed by atoms with E-state index in [1.54, 1.807) is 19.1 Å². The Kier molecular flexibility index (Phi) is 6.20. The Bertz CT molecular complexity index is 732. The maximum atomic E-state index is 12.0. The van der Waals surface area contributed by atoms with Crippen LogP contribution in [0.2, 0.25) is 0 Å². The highest BCUT2D eigenvalue weighted by molar-refractivity contribution is 9.10. The number of methoxy groups -OCH3 is 1. The lowest BCUT2D eigenvalue weighted by atomic mass is 10.2. The van der Waals surface area contributed by atoms with E-state index in [0.29, 0.717) is 11.3 Å². The van der Waals surface area contributed by atoms with E-state index in [2.05, 4.69) is 31.8 Å². The van der Waals surface area contributed by atoms with Crippen molar-refractivity contribution >= 4 is 33.7 Å². The minimum atomic E-state index is -0.447. The van der Waals surface area contributed by atoms with Gasteiger partial charge in [-0.2, -0.15) is 5.10 Å². The summed E-state index contributed by atoms with van der Waals surface area (Å²) in [6, 6.07) is 11.9. The van der Waals surface area contributed by atoms with E-state index >= 15 is 0 Å². The molecule has 0 saturated heterocycles. The first-order valence-corrected chi connectivity index (χ1v) is 8.01. The predicted octanol–water partition coefficient (Wildman–Crippen LogP) is 3.11. The summed E-state index contributed by atoms with van der Waals surface area (Å²) < 4.78 is 5.99. The highest BCUT2D eigenvalue weighted by Crippen LogP contribution is 2.25. The molecule has 0 saturated carbocycles. The molecule has 0 heterocycles. The van der Waals surface area contributed by atoms with Gasteiger partial charge in [0.05, 0.1) is 13.3 Å². The molecule has 0 aromatic heterocycles. The summed E-state index contributed by atoms with van der Waals surface area (Å²) in [5.74, 6) is 0.126. The van der Waals surface area contributed by atoms with E-state index in [0.717, 1.165) is 10.2 Å². The van der Waals surface area contributed by atoms with Gasteiger partial charge in [-0.25, -0.2) is 5.43 Å². The van der Waals surface area contributed by atoms with Crippen LogP contribution in [0, 0.1) is 0 Å². The molecule has 0 spiro atoms. The topological polar surface area (TPSA) is 83.0 Å². The van der Waals surface area contributed by atoms with Gasteiger partial charge in [0.15, 0.2) is 11.5 Å². The van der Waals surface area contributed by atoms with Crippen LogP contribution in [0.3, 0.4) is 0 Å². The zero-order valence-electron chi connectivity index (χ0n) is 13.3. The van der Waals surface area contributed by atoms with Gasteiger partial charge >= 0.3 is 0 Å². The molecule has 24 heavy (non-hydrogen) atoms. The fourth-order valence-corrected chi connectivity index (χ4v) is 2.17. The number of hydrogen-bond donors (Lipinski definition) is 3. The average Bonchev–Trinajstić information content (AvgIpc) is 2.58. The van der Waals surface area contributed by atoms with Gasteiger partial charge in [-0.05, 0) is 55.0 Å². The predicted molar refractivity (Wildman–Crippen MR) is 97.6 cm³/mol. The number of rotatable bonds is 6. The zero-order chi connectivity index (χ0) is 17.5. The Hall–Kier alpha value is -2.54. The standard InChI is InChI=1S/C17H18BrN3O3/c1-11(20-14-6-4-13(18)5-7-14)17(23)21-19-10-12-3-8-15(22)16(9-12)24-2/h3-11,20,22H,1-2H3,(H,21,23)/b19-10-/t11-/m0/s1. The zero-order valence-corrected chi connectivity index (χ0v) is 14.9. The van der Waals surface area contributed by atoms with Crippen molar-refractivity contribution in [1.29, 1.82) is 0 Å². The summed E-state index contributed by atoms with van der Waals surface area (Å²) in [4.78, 5) is 12.0. The lowest BCUT2D eigenvalue weighted by molar-refractivity contribution is -0.121. The highest BCUT2D eigenvalue weighted by atomic mass is 79.9. The second kappa shape index (κ2) is 8.35.